The Morgan fingerprint density at radius 3 is 2.00 bits per heavy atom. The summed E-state index contributed by atoms with van der Waals surface area (Å²) in [5.41, 5.74) is 5.37. The lowest BCUT2D eigenvalue weighted by molar-refractivity contribution is -0.133. The summed E-state index contributed by atoms with van der Waals surface area (Å²) in [5.74, 6) is 0.203. The summed E-state index contributed by atoms with van der Waals surface area (Å²) in [6.07, 6.45) is 0.224. The summed E-state index contributed by atoms with van der Waals surface area (Å²) in [4.78, 5) is 12.9. The molecule has 1 saturated heterocycles. The maximum atomic E-state index is 12.9. The molecule has 2 aliphatic rings. The maximum absolute atomic E-state index is 12.9. The van der Waals surface area contributed by atoms with E-state index < -0.39 is 0 Å². The van der Waals surface area contributed by atoms with Gasteiger partial charge < -0.3 is 9.47 Å². The van der Waals surface area contributed by atoms with E-state index in [2.05, 4.69) is 65.8 Å². The molecule has 2 aliphatic heterocycles. The summed E-state index contributed by atoms with van der Waals surface area (Å²) in [5, 5.41) is 0. The van der Waals surface area contributed by atoms with E-state index in [0.717, 1.165) is 29.0 Å². The van der Waals surface area contributed by atoms with Crippen LogP contribution in [0.4, 0.5) is 0 Å². The molecular weight excluding hydrogens is 336 g/mol. The zero-order valence-corrected chi connectivity index (χ0v) is 17.1. The molecule has 2 unspecified atom stereocenters. The topological polar surface area (TPSA) is 38.8 Å². The van der Waals surface area contributed by atoms with E-state index in [4.69, 9.17) is 9.47 Å². The molecule has 3 nitrogen and oxygen atoms in total. The fraction of sp³-hybridized carbons (Fsp3) is 0.458. The second-order valence-electron chi connectivity index (χ2n) is 9.78. The minimum atomic E-state index is -0.363. The predicted octanol–water partition coefficient (Wildman–Crippen LogP) is 5.40. The van der Waals surface area contributed by atoms with Crippen molar-refractivity contribution in [2.75, 3.05) is 6.61 Å². The van der Waals surface area contributed by atoms with Gasteiger partial charge in [-0.3, -0.25) is 4.79 Å². The Labute approximate surface area is 161 Å². The summed E-state index contributed by atoms with van der Waals surface area (Å²) in [6, 6.07) is 12.6. The molecule has 0 spiro atoms. The number of ether oxygens (including phenoxy) is 2. The lowest BCUT2D eigenvalue weighted by Gasteiger charge is -2.27. The number of fused-ring (bicyclic) bond motifs is 1. The Kier molecular flexibility index (Phi) is 4.01. The number of epoxide rings is 1. The Hall–Kier alpha value is -2.13. The molecule has 3 heteroatoms. The van der Waals surface area contributed by atoms with Gasteiger partial charge in [0.2, 0.25) is 0 Å². The monoisotopic (exact) mass is 364 g/mol. The molecule has 0 amide bonds. The number of carbonyl (C=O) groups is 1. The van der Waals surface area contributed by atoms with Gasteiger partial charge in [-0.25, -0.2) is 0 Å². The highest BCUT2D eigenvalue weighted by molar-refractivity contribution is 5.90. The molecule has 0 bridgehead atoms. The van der Waals surface area contributed by atoms with E-state index in [1.807, 2.05) is 12.1 Å². The molecule has 0 aromatic heterocycles. The zero-order valence-electron chi connectivity index (χ0n) is 17.1. The highest BCUT2D eigenvalue weighted by Crippen LogP contribution is 2.47. The van der Waals surface area contributed by atoms with Crippen LogP contribution in [-0.4, -0.2) is 12.6 Å². The average Bonchev–Trinajstić information content (AvgIpc) is 3.35. The molecule has 0 aliphatic carbocycles. The number of carbonyl (C=O) groups excluding carboxylic acids is 1. The third kappa shape index (κ3) is 3.29. The van der Waals surface area contributed by atoms with Crippen LogP contribution in [0, 0.1) is 0 Å². The van der Waals surface area contributed by atoms with Crippen molar-refractivity contribution in [1.82, 2.24) is 0 Å². The van der Waals surface area contributed by atoms with Crippen molar-refractivity contribution in [3.05, 3.63) is 64.2 Å². The number of hydrogen-bond donors (Lipinski definition) is 0. The molecule has 0 N–H and O–H groups in total. The van der Waals surface area contributed by atoms with Gasteiger partial charge in [0.1, 0.15) is 17.8 Å². The van der Waals surface area contributed by atoms with Crippen molar-refractivity contribution in [1.29, 1.82) is 0 Å². The molecule has 4 rings (SSSR count). The van der Waals surface area contributed by atoms with Crippen LogP contribution in [0.15, 0.2) is 36.4 Å². The molecule has 0 radical (unpaired) electrons. The van der Waals surface area contributed by atoms with Crippen molar-refractivity contribution >= 4 is 5.97 Å². The lowest BCUT2D eigenvalue weighted by atomic mass is 9.77. The number of esters is 1. The molecule has 0 saturated carbocycles. The van der Waals surface area contributed by atoms with Gasteiger partial charge >= 0.3 is 5.97 Å². The van der Waals surface area contributed by atoms with Gasteiger partial charge in [0.25, 0.3) is 0 Å². The normalized spacial score (nSPS) is 21.8. The number of rotatable bonds is 2. The SMILES string of the molecule is CC(C)(C)c1cc2c(c(C(C)(C)C)c1)OC(=O)C2c1ccc(C2CO2)cc1. The smallest absolute Gasteiger partial charge is 0.323 e. The first kappa shape index (κ1) is 18.2. The van der Waals surface area contributed by atoms with Gasteiger partial charge in [-0.2, -0.15) is 0 Å². The van der Waals surface area contributed by atoms with Gasteiger partial charge in [-0.15, -0.1) is 0 Å². The third-order valence-corrected chi connectivity index (χ3v) is 5.52. The Morgan fingerprint density at radius 2 is 1.48 bits per heavy atom. The summed E-state index contributed by atoms with van der Waals surface area (Å²) in [6.45, 7) is 13.9. The third-order valence-electron chi connectivity index (χ3n) is 5.52. The van der Waals surface area contributed by atoms with Crippen molar-refractivity contribution in [2.24, 2.45) is 0 Å². The van der Waals surface area contributed by atoms with E-state index in [0.29, 0.717) is 0 Å². The molecule has 142 valence electrons. The van der Waals surface area contributed by atoms with E-state index in [9.17, 15) is 4.79 Å². The van der Waals surface area contributed by atoms with E-state index in [1.54, 1.807) is 0 Å². The largest absolute Gasteiger partial charge is 0.425 e. The molecule has 27 heavy (non-hydrogen) atoms. The van der Waals surface area contributed by atoms with E-state index in [-0.39, 0.29) is 28.8 Å². The van der Waals surface area contributed by atoms with Crippen LogP contribution in [0.3, 0.4) is 0 Å². The number of benzene rings is 2. The first-order chi connectivity index (χ1) is 12.6. The van der Waals surface area contributed by atoms with Gasteiger partial charge in [0.05, 0.1) is 6.61 Å². The standard InChI is InChI=1S/C24H28O3/c1-23(2,3)16-11-17-20(15-9-7-14(8-10-15)19-13-26-19)22(25)27-21(17)18(12-16)24(4,5)6/h7-12,19-20H,13H2,1-6H3. The fourth-order valence-corrected chi connectivity index (χ4v) is 3.72. The van der Waals surface area contributed by atoms with Gasteiger partial charge in [-0.05, 0) is 27.5 Å². The van der Waals surface area contributed by atoms with E-state index >= 15 is 0 Å². The number of hydrogen-bond acceptors (Lipinski definition) is 3. The second kappa shape index (κ2) is 5.93. The molecule has 1 fully saturated rings. The Balaban J connectivity index is 1.85. The summed E-state index contributed by atoms with van der Waals surface area (Å²) < 4.78 is 11.2. The second-order valence-corrected chi connectivity index (χ2v) is 9.78. The zero-order chi connectivity index (χ0) is 19.6. The summed E-state index contributed by atoms with van der Waals surface area (Å²) in [7, 11) is 0. The molecule has 2 atom stereocenters. The van der Waals surface area contributed by atoms with Gasteiger partial charge in [-0.1, -0.05) is 77.9 Å². The van der Waals surface area contributed by atoms with E-state index in [1.165, 1.54) is 11.1 Å². The highest BCUT2D eigenvalue weighted by Gasteiger charge is 2.39. The molecule has 2 aromatic carbocycles. The van der Waals surface area contributed by atoms with Crippen LogP contribution in [0.25, 0.3) is 0 Å². The van der Waals surface area contributed by atoms with Crippen molar-refractivity contribution in [2.45, 2.75) is 64.4 Å². The predicted molar refractivity (Wildman–Crippen MR) is 106 cm³/mol. The quantitative estimate of drug-likeness (QED) is 0.407. The fourth-order valence-electron chi connectivity index (χ4n) is 3.72. The van der Waals surface area contributed by atoms with Gasteiger partial charge in [0, 0.05) is 11.1 Å². The molecule has 2 aromatic rings. The Bertz CT molecular complexity index is 891. The maximum Gasteiger partial charge on any atom is 0.323 e. The van der Waals surface area contributed by atoms with Crippen molar-refractivity contribution in [3.63, 3.8) is 0 Å². The minimum Gasteiger partial charge on any atom is -0.425 e. The first-order valence-corrected chi connectivity index (χ1v) is 9.68. The Morgan fingerprint density at radius 1 is 0.889 bits per heavy atom. The van der Waals surface area contributed by atoms with Crippen molar-refractivity contribution < 1.29 is 14.3 Å². The van der Waals surface area contributed by atoms with Crippen LogP contribution < -0.4 is 4.74 Å². The molecular formula is C24H28O3. The average molecular weight is 364 g/mol. The van der Waals surface area contributed by atoms with Crippen LogP contribution in [0.2, 0.25) is 0 Å². The first-order valence-electron chi connectivity index (χ1n) is 9.68. The van der Waals surface area contributed by atoms with Crippen LogP contribution in [-0.2, 0) is 20.4 Å². The van der Waals surface area contributed by atoms with Gasteiger partial charge in [0.15, 0.2) is 0 Å². The lowest BCUT2D eigenvalue weighted by Crippen LogP contribution is -2.17. The summed E-state index contributed by atoms with van der Waals surface area (Å²) >= 11 is 0. The minimum absolute atomic E-state index is 0.00160. The highest BCUT2D eigenvalue weighted by atomic mass is 16.6. The van der Waals surface area contributed by atoms with Crippen LogP contribution in [0.5, 0.6) is 5.75 Å². The van der Waals surface area contributed by atoms with Crippen molar-refractivity contribution in [3.8, 4) is 5.75 Å². The van der Waals surface area contributed by atoms with Crippen LogP contribution in [0.1, 0.15) is 81.4 Å². The molecule has 2 heterocycles. The van der Waals surface area contributed by atoms with Crippen LogP contribution >= 0.6 is 0 Å².